The summed E-state index contributed by atoms with van der Waals surface area (Å²) in [5.41, 5.74) is -3.00. The number of phenolic OH excluding ortho intramolecular Hbond substituents is 1. The third-order valence-electron chi connectivity index (χ3n) is 3.40. The van der Waals surface area contributed by atoms with E-state index in [1.54, 1.807) is 0 Å². The lowest BCUT2D eigenvalue weighted by molar-refractivity contribution is -0.404. The van der Waals surface area contributed by atoms with E-state index in [4.69, 9.17) is 10.2 Å². The minimum Gasteiger partial charge on any atom is -0.497 e. The maximum Gasteiger partial charge on any atom is 0.324 e. The molecule has 0 aromatic heterocycles. The molecule has 0 saturated heterocycles. The molecule has 0 spiro atoms. The molecule has 0 aliphatic heterocycles. The molecule has 152 valence electrons. The lowest BCUT2D eigenvalue weighted by atomic mass is 10.1. The number of nitro groups is 3. The zero-order valence-electron chi connectivity index (χ0n) is 15.0. The molecule has 0 atom stereocenters. The van der Waals surface area contributed by atoms with Crippen molar-refractivity contribution in [3.8, 4) is 5.75 Å². The number of unbranched alkanes of at least 4 members (excludes halogenated alkanes) is 4. The van der Waals surface area contributed by atoms with Gasteiger partial charge >= 0.3 is 11.4 Å². The fourth-order valence-electron chi connectivity index (χ4n) is 2.03. The average Bonchev–Trinajstić information content (AvgIpc) is 2.61. The molecule has 0 aliphatic carbocycles. The van der Waals surface area contributed by atoms with Crippen molar-refractivity contribution in [1.29, 1.82) is 0 Å². The highest BCUT2D eigenvalue weighted by Gasteiger charge is 2.30. The summed E-state index contributed by atoms with van der Waals surface area (Å²) in [6, 6.07) is 0.894. The topological polar surface area (TPSA) is 182 Å². The molecule has 0 fully saturated rings. The summed E-state index contributed by atoms with van der Waals surface area (Å²) < 4.78 is 0. The van der Waals surface area contributed by atoms with Crippen LogP contribution in [-0.2, 0) is 0 Å². The Morgan fingerprint density at radius 1 is 0.889 bits per heavy atom. The Kier molecular flexibility index (Phi) is 11.9. The summed E-state index contributed by atoms with van der Waals surface area (Å²) in [5.74, 6) is -1.21. The number of nitrogens with zero attached hydrogens (tertiary/aromatic N) is 3. The lowest BCUT2D eigenvalue weighted by Gasteiger charge is -2.01. The number of hydrogen-bond donors (Lipinski definition) is 3. The molecule has 0 heterocycles. The van der Waals surface area contributed by atoms with Crippen molar-refractivity contribution >= 4 is 17.1 Å². The largest absolute Gasteiger partial charge is 0.497 e. The molecule has 0 saturated carbocycles. The van der Waals surface area contributed by atoms with E-state index in [0.29, 0.717) is 12.1 Å². The number of rotatable bonds is 11. The maximum absolute atomic E-state index is 10.4. The van der Waals surface area contributed by atoms with Gasteiger partial charge in [0.15, 0.2) is 0 Å². The van der Waals surface area contributed by atoms with Crippen LogP contribution < -0.4 is 5.32 Å². The number of aromatic hydroxyl groups is 1. The molecule has 27 heavy (non-hydrogen) atoms. The van der Waals surface area contributed by atoms with Gasteiger partial charge in [0.05, 0.1) is 33.5 Å². The van der Waals surface area contributed by atoms with Crippen LogP contribution in [0.25, 0.3) is 0 Å². The molecule has 0 bridgehead atoms. The van der Waals surface area contributed by atoms with E-state index in [2.05, 4.69) is 12.2 Å². The van der Waals surface area contributed by atoms with E-state index in [-0.39, 0.29) is 6.61 Å². The van der Waals surface area contributed by atoms with Gasteiger partial charge in [-0.3, -0.25) is 30.3 Å². The van der Waals surface area contributed by atoms with Crippen molar-refractivity contribution in [2.75, 3.05) is 19.7 Å². The van der Waals surface area contributed by atoms with Crippen LogP contribution in [0, 0.1) is 30.3 Å². The van der Waals surface area contributed by atoms with Gasteiger partial charge in [-0.25, -0.2) is 0 Å². The zero-order valence-corrected chi connectivity index (χ0v) is 15.0. The average molecular weight is 388 g/mol. The van der Waals surface area contributed by atoms with Crippen LogP contribution in [-0.4, -0.2) is 44.7 Å². The minimum absolute atomic E-state index is 0.259. The number of phenols is 1. The van der Waals surface area contributed by atoms with Gasteiger partial charge in [0.1, 0.15) is 0 Å². The first-order valence-electron chi connectivity index (χ1n) is 8.38. The summed E-state index contributed by atoms with van der Waals surface area (Å²) in [4.78, 5) is 27.8. The first-order chi connectivity index (χ1) is 12.8. The van der Waals surface area contributed by atoms with E-state index < -0.39 is 37.6 Å². The van der Waals surface area contributed by atoms with Crippen LogP contribution in [0.5, 0.6) is 5.75 Å². The van der Waals surface area contributed by atoms with Crippen LogP contribution >= 0.6 is 0 Å². The number of nitro benzene ring substituents is 3. The van der Waals surface area contributed by atoms with Crippen molar-refractivity contribution in [3.05, 3.63) is 42.5 Å². The summed E-state index contributed by atoms with van der Waals surface area (Å²) >= 11 is 0. The number of non-ortho nitro benzene ring substituents is 1. The number of nitrogens with one attached hydrogen (secondary N) is 1. The molecular formula is C15H24N4O8. The fraction of sp³-hybridized carbons (Fsp3) is 0.600. The van der Waals surface area contributed by atoms with Gasteiger partial charge in [-0.15, -0.1) is 0 Å². The fourth-order valence-corrected chi connectivity index (χ4v) is 2.03. The van der Waals surface area contributed by atoms with Crippen LogP contribution in [0.4, 0.5) is 17.1 Å². The Morgan fingerprint density at radius 2 is 1.41 bits per heavy atom. The smallest absolute Gasteiger partial charge is 0.324 e. The predicted molar refractivity (Wildman–Crippen MR) is 96.8 cm³/mol. The molecule has 3 N–H and O–H groups in total. The van der Waals surface area contributed by atoms with Crippen molar-refractivity contribution < 1.29 is 25.0 Å². The first-order valence-corrected chi connectivity index (χ1v) is 8.38. The predicted octanol–water partition coefficient (Wildman–Crippen LogP) is 2.66. The number of benzene rings is 1. The van der Waals surface area contributed by atoms with Crippen molar-refractivity contribution in [2.45, 2.75) is 39.0 Å². The third kappa shape index (κ3) is 9.42. The lowest BCUT2D eigenvalue weighted by Crippen LogP contribution is -2.19. The maximum atomic E-state index is 10.4. The van der Waals surface area contributed by atoms with Crippen LogP contribution in [0.2, 0.25) is 0 Å². The van der Waals surface area contributed by atoms with Crippen LogP contribution in [0.15, 0.2) is 12.1 Å². The Bertz CT molecular complexity index is 595. The monoisotopic (exact) mass is 388 g/mol. The molecule has 0 aliphatic rings. The van der Waals surface area contributed by atoms with Gasteiger partial charge in [-0.2, -0.15) is 0 Å². The summed E-state index contributed by atoms with van der Waals surface area (Å²) in [7, 11) is 0. The second kappa shape index (κ2) is 13.4. The summed E-state index contributed by atoms with van der Waals surface area (Å²) in [5, 5.41) is 51.8. The Labute approximate surface area is 155 Å². The van der Waals surface area contributed by atoms with E-state index in [0.717, 1.165) is 13.1 Å². The number of aliphatic hydroxyl groups excluding tert-OH is 1. The Morgan fingerprint density at radius 3 is 1.81 bits per heavy atom. The Hall–Kier alpha value is -2.86. The molecule has 12 heteroatoms. The summed E-state index contributed by atoms with van der Waals surface area (Å²) in [6.45, 7) is 4.29. The van der Waals surface area contributed by atoms with Gasteiger partial charge in [0.25, 0.3) is 11.4 Å². The highest BCUT2D eigenvalue weighted by atomic mass is 16.6. The number of hydrogen-bond acceptors (Lipinski definition) is 9. The molecule has 0 radical (unpaired) electrons. The molecule has 1 aromatic carbocycles. The molecular weight excluding hydrogens is 364 g/mol. The van der Waals surface area contributed by atoms with Crippen molar-refractivity contribution in [2.24, 2.45) is 0 Å². The van der Waals surface area contributed by atoms with Gasteiger partial charge in [0, 0.05) is 6.54 Å². The van der Waals surface area contributed by atoms with E-state index >= 15 is 0 Å². The standard InChI is InChI=1S/C9H21NO.C6H3N3O7/c1-2-3-4-5-6-7-10-8-9-11;10-6-4(8(13)14)1-3(7(11)12)2-5(6)9(15)16/h10-11H,2-9H2,1H3;1-2,10H. The van der Waals surface area contributed by atoms with Crippen molar-refractivity contribution in [1.82, 2.24) is 5.32 Å². The Balaban J connectivity index is 0.000000541. The van der Waals surface area contributed by atoms with E-state index in [1.807, 2.05) is 0 Å². The molecule has 1 aromatic rings. The normalized spacial score (nSPS) is 10.0. The number of aliphatic hydroxyl groups is 1. The SMILES string of the molecule is CCCCCCCNCCO.O=[N+]([O-])c1cc([N+](=O)[O-])c(O)c([N+](=O)[O-])c1. The highest BCUT2D eigenvalue weighted by Crippen LogP contribution is 2.38. The second-order valence-corrected chi connectivity index (χ2v) is 5.49. The third-order valence-corrected chi connectivity index (χ3v) is 3.40. The summed E-state index contributed by atoms with van der Waals surface area (Å²) in [6.07, 6.45) is 6.60. The molecule has 1 rings (SSSR count). The van der Waals surface area contributed by atoms with Crippen LogP contribution in [0.3, 0.4) is 0 Å². The second-order valence-electron chi connectivity index (χ2n) is 5.49. The van der Waals surface area contributed by atoms with Gasteiger partial charge < -0.3 is 15.5 Å². The highest BCUT2D eigenvalue weighted by molar-refractivity contribution is 5.64. The first kappa shape index (κ1) is 24.1. The molecule has 0 unspecified atom stereocenters. The zero-order chi connectivity index (χ0) is 20.8. The minimum atomic E-state index is -1.21. The van der Waals surface area contributed by atoms with E-state index in [9.17, 15) is 30.3 Å². The molecule has 0 amide bonds. The van der Waals surface area contributed by atoms with Gasteiger partial charge in [-0.05, 0) is 13.0 Å². The van der Waals surface area contributed by atoms with E-state index in [1.165, 1.54) is 32.1 Å². The van der Waals surface area contributed by atoms with Gasteiger partial charge in [0.2, 0.25) is 0 Å². The van der Waals surface area contributed by atoms with Crippen molar-refractivity contribution in [3.63, 3.8) is 0 Å². The molecule has 12 nitrogen and oxygen atoms in total. The van der Waals surface area contributed by atoms with Crippen LogP contribution in [0.1, 0.15) is 39.0 Å². The quantitative estimate of drug-likeness (QED) is 0.291. The van der Waals surface area contributed by atoms with Gasteiger partial charge in [-0.1, -0.05) is 32.6 Å².